The van der Waals surface area contributed by atoms with Gasteiger partial charge in [-0.1, -0.05) is 28.1 Å². The minimum absolute atomic E-state index is 0.0486. The van der Waals surface area contributed by atoms with E-state index in [9.17, 15) is 19.5 Å². The van der Waals surface area contributed by atoms with Crippen LogP contribution in [0.25, 0.3) is 10.9 Å². The van der Waals surface area contributed by atoms with Gasteiger partial charge in [0.05, 0.1) is 22.8 Å². The molecular weight excluding hydrogens is 464 g/mol. The van der Waals surface area contributed by atoms with Gasteiger partial charge in [-0.15, -0.1) is 0 Å². The number of hydrogen-bond donors (Lipinski definition) is 1. The molecule has 0 atom stereocenters. The van der Waals surface area contributed by atoms with Crippen LogP contribution in [0.4, 0.5) is 0 Å². The smallest absolute Gasteiger partial charge is 0.261 e. The molecule has 2 heterocycles. The van der Waals surface area contributed by atoms with E-state index in [1.165, 1.54) is 17.0 Å². The summed E-state index contributed by atoms with van der Waals surface area (Å²) in [5, 5.41) is 10.4. The van der Waals surface area contributed by atoms with Gasteiger partial charge >= 0.3 is 0 Å². The Labute approximate surface area is 186 Å². The summed E-state index contributed by atoms with van der Waals surface area (Å²) in [6, 6.07) is 11.8. The first kappa shape index (κ1) is 21.0. The average molecular weight is 485 g/mol. The lowest BCUT2D eigenvalue weighted by molar-refractivity contribution is -0.132. The second-order valence-electron chi connectivity index (χ2n) is 7.34. The van der Waals surface area contributed by atoms with Crippen molar-refractivity contribution < 1.29 is 14.7 Å². The number of halogens is 1. The monoisotopic (exact) mass is 484 g/mol. The third-order valence-corrected chi connectivity index (χ3v) is 5.90. The van der Waals surface area contributed by atoms with Crippen LogP contribution < -0.4 is 5.56 Å². The second-order valence-corrected chi connectivity index (χ2v) is 8.26. The predicted octanol–water partition coefficient (Wildman–Crippen LogP) is 2.24. The molecule has 160 valence electrons. The van der Waals surface area contributed by atoms with Crippen LogP contribution in [0, 0.1) is 0 Å². The summed E-state index contributed by atoms with van der Waals surface area (Å²) < 4.78 is 2.24. The van der Waals surface area contributed by atoms with Crippen LogP contribution in [0.1, 0.15) is 16.8 Å². The highest BCUT2D eigenvalue weighted by Crippen LogP contribution is 2.19. The lowest BCUT2D eigenvalue weighted by atomic mass is 10.1. The lowest BCUT2D eigenvalue weighted by Gasteiger charge is -2.35. The molecule has 0 bridgehead atoms. The van der Waals surface area contributed by atoms with Crippen molar-refractivity contribution in [2.75, 3.05) is 26.2 Å². The fourth-order valence-corrected chi connectivity index (χ4v) is 4.01. The molecule has 1 fully saturated rings. The molecule has 1 aliphatic heterocycles. The van der Waals surface area contributed by atoms with Crippen molar-refractivity contribution >= 4 is 38.6 Å². The summed E-state index contributed by atoms with van der Waals surface area (Å²) in [5.41, 5.74) is 0.690. The fraction of sp³-hybridized carbons (Fsp3) is 0.273. The van der Waals surface area contributed by atoms with Gasteiger partial charge in [0, 0.05) is 43.6 Å². The molecule has 0 spiro atoms. The van der Waals surface area contributed by atoms with Gasteiger partial charge in [-0.2, -0.15) is 0 Å². The Balaban J connectivity index is 1.35. The molecule has 0 saturated carbocycles. The van der Waals surface area contributed by atoms with E-state index in [1.807, 2.05) is 6.07 Å². The Morgan fingerprint density at radius 3 is 2.48 bits per heavy atom. The highest BCUT2D eigenvalue weighted by molar-refractivity contribution is 9.10. The Kier molecular flexibility index (Phi) is 6.03. The van der Waals surface area contributed by atoms with Crippen LogP contribution in [0.15, 0.2) is 58.1 Å². The van der Waals surface area contributed by atoms with Crippen molar-refractivity contribution in [1.29, 1.82) is 0 Å². The maximum Gasteiger partial charge on any atom is 0.261 e. The largest absolute Gasteiger partial charge is 0.507 e. The standard InChI is InChI=1S/C22H21BrN4O4/c23-15-5-6-18-17(13-15)22(31)27(14-24-18)8-7-20(29)25-9-11-26(12-10-25)21(30)16-3-1-2-4-19(16)28/h1-6,13-14,28H,7-12H2. The number of fused-ring (bicyclic) bond motifs is 1. The van der Waals surface area contributed by atoms with E-state index >= 15 is 0 Å². The first-order valence-corrected chi connectivity index (χ1v) is 10.7. The zero-order valence-electron chi connectivity index (χ0n) is 16.7. The van der Waals surface area contributed by atoms with E-state index in [1.54, 1.807) is 40.1 Å². The number of carbonyl (C=O) groups excluding carboxylic acids is 2. The van der Waals surface area contributed by atoms with E-state index < -0.39 is 0 Å². The molecule has 0 aliphatic carbocycles. The number of nitrogens with zero attached hydrogens (tertiary/aromatic N) is 4. The molecule has 1 saturated heterocycles. The summed E-state index contributed by atoms with van der Waals surface area (Å²) >= 11 is 3.36. The van der Waals surface area contributed by atoms with Gasteiger partial charge in [0.2, 0.25) is 5.91 Å². The maximum atomic E-state index is 12.7. The molecule has 1 aliphatic rings. The number of phenols is 1. The van der Waals surface area contributed by atoms with Crippen LogP contribution in [0.5, 0.6) is 5.75 Å². The highest BCUT2D eigenvalue weighted by atomic mass is 79.9. The van der Waals surface area contributed by atoms with Crippen molar-refractivity contribution in [2.45, 2.75) is 13.0 Å². The zero-order valence-corrected chi connectivity index (χ0v) is 18.3. The van der Waals surface area contributed by atoms with Crippen LogP contribution >= 0.6 is 15.9 Å². The Morgan fingerprint density at radius 2 is 1.74 bits per heavy atom. The SMILES string of the molecule is O=C(CCn1cnc2ccc(Br)cc2c1=O)N1CCN(C(=O)c2ccccc2O)CC1. The summed E-state index contributed by atoms with van der Waals surface area (Å²) in [6.45, 7) is 1.85. The molecule has 9 heteroatoms. The van der Waals surface area contributed by atoms with Crippen molar-refractivity contribution in [3.63, 3.8) is 0 Å². The topological polar surface area (TPSA) is 95.7 Å². The molecule has 0 radical (unpaired) electrons. The molecule has 2 aromatic carbocycles. The second kappa shape index (κ2) is 8.89. The molecule has 8 nitrogen and oxygen atoms in total. The summed E-state index contributed by atoms with van der Waals surface area (Å²) in [6.07, 6.45) is 1.64. The number of carbonyl (C=O) groups is 2. The van der Waals surface area contributed by atoms with Gasteiger partial charge in [0.25, 0.3) is 11.5 Å². The Hall–Kier alpha value is -3.20. The minimum Gasteiger partial charge on any atom is -0.507 e. The minimum atomic E-state index is -0.245. The number of amides is 2. The van der Waals surface area contributed by atoms with Crippen LogP contribution in [-0.2, 0) is 11.3 Å². The number of aromatic nitrogens is 2. The zero-order chi connectivity index (χ0) is 22.0. The van der Waals surface area contributed by atoms with Crippen LogP contribution in [-0.4, -0.2) is 62.5 Å². The van der Waals surface area contributed by atoms with E-state index in [0.717, 1.165) is 4.47 Å². The third kappa shape index (κ3) is 4.46. The first-order valence-electron chi connectivity index (χ1n) is 9.94. The number of aryl methyl sites for hydroxylation is 1. The molecular formula is C22H21BrN4O4. The van der Waals surface area contributed by atoms with Crippen molar-refractivity contribution in [2.24, 2.45) is 0 Å². The number of hydrogen-bond acceptors (Lipinski definition) is 5. The van der Waals surface area contributed by atoms with E-state index in [2.05, 4.69) is 20.9 Å². The third-order valence-electron chi connectivity index (χ3n) is 5.41. The molecule has 2 amide bonds. The van der Waals surface area contributed by atoms with Gasteiger partial charge in [0.1, 0.15) is 5.75 Å². The van der Waals surface area contributed by atoms with E-state index in [0.29, 0.717) is 37.1 Å². The van der Waals surface area contributed by atoms with Crippen LogP contribution in [0.2, 0.25) is 0 Å². The van der Waals surface area contributed by atoms with Gasteiger partial charge in [0.15, 0.2) is 0 Å². The van der Waals surface area contributed by atoms with Gasteiger partial charge in [-0.25, -0.2) is 4.98 Å². The van der Waals surface area contributed by atoms with Gasteiger partial charge in [-0.3, -0.25) is 19.0 Å². The number of para-hydroxylation sites is 1. The number of piperazine rings is 1. The van der Waals surface area contributed by atoms with Crippen molar-refractivity contribution in [3.05, 3.63) is 69.2 Å². The van der Waals surface area contributed by atoms with Gasteiger partial charge < -0.3 is 14.9 Å². The van der Waals surface area contributed by atoms with Crippen molar-refractivity contribution in [3.8, 4) is 5.75 Å². The quantitative estimate of drug-likeness (QED) is 0.612. The normalized spacial score (nSPS) is 14.1. The lowest BCUT2D eigenvalue weighted by Crippen LogP contribution is -2.50. The van der Waals surface area contributed by atoms with Crippen molar-refractivity contribution in [1.82, 2.24) is 19.4 Å². The Bertz CT molecular complexity index is 1200. The number of phenolic OH excluding ortho intramolecular Hbond substituents is 1. The average Bonchev–Trinajstić information content (AvgIpc) is 2.79. The molecule has 31 heavy (non-hydrogen) atoms. The maximum absolute atomic E-state index is 12.7. The fourth-order valence-electron chi connectivity index (χ4n) is 3.65. The highest BCUT2D eigenvalue weighted by Gasteiger charge is 2.26. The molecule has 0 unspecified atom stereocenters. The molecule has 1 N–H and O–H groups in total. The summed E-state index contributed by atoms with van der Waals surface area (Å²) in [7, 11) is 0. The van der Waals surface area contributed by atoms with E-state index in [-0.39, 0.29) is 41.7 Å². The number of aromatic hydroxyl groups is 1. The van der Waals surface area contributed by atoms with Gasteiger partial charge in [-0.05, 0) is 30.3 Å². The predicted molar refractivity (Wildman–Crippen MR) is 119 cm³/mol. The van der Waals surface area contributed by atoms with E-state index in [4.69, 9.17) is 0 Å². The Morgan fingerprint density at radius 1 is 1.03 bits per heavy atom. The first-order chi connectivity index (χ1) is 14.9. The number of benzene rings is 2. The number of rotatable bonds is 4. The molecule has 3 aromatic rings. The summed E-state index contributed by atoms with van der Waals surface area (Å²) in [4.78, 5) is 45.5. The molecule has 4 rings (SSSR count). The summed E-state index contributed by atoms with van der Waals surface area (Å²) in [5.74, 6) is -0.367. The molecule has 1 aromatic heterocycles. The van der Waals surface area contributed by atoms with Crippen LogP contribution in [0.3, 0.4) is 0 Å².